The van der Waals surface area contributed by atoms with Crippen LogP contribution < -0.4 is 16.4 Å². The summed E-state index contributed by atoms with van der Waals surface area (Å²) in [5, 5.41) is 14.2. The number of aliphatic carboxylic acids is 1. The zero-order valence-corrected chi connectivity index (χ0v) is 11.7. The quantitative estimate of drug-likeness (QED) is 0.570. The van der Waals surface area contributed by atoms with E-state index in [1.54, 1.807) is 0 Å². The molecule has 7 nitrogen and oxygen atoms in total. The van der Waals surface area contributed by atoms with Crippen molar-refractivity contribution >= 4 is 17.9 Å². The van der Waals surface area contributed by atoms with Crippen LogP contribution in [0.3, 0.4) is 0 Å². The molecular formula is C13H23N3O4. The Labute approximate surface area is 118 Å². The lowest BCUT2D eigenvalue weighted by Crippen LogP contribution is -2.51. The average Bonchev–Trinajstić information content (AvgIpc) is 2.38. The van der Waals surface area contributed by atoms with E-state index in [0.29, 0.717) is 32.1 Å². The molecule has 1 aliphatic rings. The molecule has 0 radical (unpaired) electrons. The fourth-order valence-electron chi connectivity index (χ4n) is 2.52. The van der Waals surface area contributed by atoms with Gasteiger partial charge in [-0.2, -0.15) is 0 Å². The van der Waals surface area contributed by atoms with Crippen LogP contribution in [0.15, 0.2) is 0 Å². The van der Waals surface area contributed by atoms with Gasteiger partial charge in [0.25, 0.3) is 0 Å². The number of hydrogen-bond acceptors (Lipinski definition) is 3. The summed E-state index contributed by atoms with van der Waals surface area (Å²) in [5.74, 6) is -1.32. The number of urea groups is 1. The molecule has 1 rings (SSSR count). The molecule has 1 aliphatic carbocycles. The van der Waals surface area contributed by atoms with Gasteiger partial charge in [0.15, 0.2) is 0 Å². The number of carboxylic acid groups (broad SMARTS) is 1. The predicted octanol–water partition coefficient (Wildman–Crippen LogP) is 0.583. The first-order valence-electron chi connectivity index (χ1n) is 7.03. The average molecular weight is 285 g/mol. The topological polar surface area (TPSA) is 122 Å². The van der Waals surface area contributed by atoms with Crippen LogP contribution in [0.25, 0.3) is 0 Å². The Hall–Kier alpha value is -1.79. The van der Waals surface area contributed by atoms with Crippen molar-refractivity contribution in [3.8, 4) is 0 Å². The van der Waals surface area contributed by atoms with Crippen LogP contribution >= 0.6 is 0 Å². The maximum atomic E-state index is 12.1. The Morgan fingerprint density at radius 2 is 1.85 bits per heavy atom. The number of primary amides is 1. The standard InChI is InChI=1S/C13H23N3O4/c1-2-3-10(16-13(14)20)11(17)15-9-6-4-8(5-7-9)12(18)19/h8-10H,2-7H2,1H3,(H,15,17)(H,18,19)(H3,14,16,20)/t8?,9?,10-/m1/s1. The van der Waals surface area contributed by atoms with Crippen molar-refractivity contribution in [2.75, 3.05) is 0 Å². The summed E-state index contributed by atoms with van der Waals surface area (Å²) in [4.78, 5) is 33.8. The van der Waals surface area contributed by atoms with Gasteiger partial charge in [-0.1, -0.05) is 13.3 Å². The molecule has 1 saturated carbocycles. The molecule has 0 spiro atoms. The number of carbonyl (C=O) groups excluding carboxylic acids is 2. The Morgan fingerprint density at radius 1 is 1.25 bits per heavy atom. The summed E-state index contributed by atoms with van der Waals surface area (Å²) < 4.78 is 0. The fraction of sp³-hybridized carbons (Fsp3) is 0.769. The zero-order chi connectivity index (χ0) is 15.1. The highest BCUT2D eigenvalue weighted by Crippen LogP contribution is 2.24. The van der Waals surface area contributed by atoms with Gasteiger partial charge in [-0.15, -0.1) is 0 Å². The summed E-state index contributed by atoms with van der Waals surface area (Å²) in [6.07, 6.45) is 3.73. The molecule has 20 heavy (non-hydrogen) atoms. The molecule has 5 N–H and O–H groups in total. The van der Waals surface area contributed by atoms with E-state index in [1.807, 2.05) is 6.92 Å². The highest BCUT2D eigenvalue weighted by molar-refractivity contribution is 5.86. The normalized spacial score (nSPS) is 23.6. The van der Waals surface area contributed by atoms with Gasteiger partial charge >= 0.3 is 12.0 Å². The lowest BCUT2D eigenvalue weighted by molar-refractivity contribution is -0.142. The first-order chi connectivity index (χ1) is 9.43. The van der Waals surface area contributed by atoms with Crippen molar-refractivity contribution in [3.63, 3.8) is 0 Å². The van der Waals surface area contributed by atoms with Crippen LogP contribution in [0.5, 0.6) is 0 Å². The van der Waals surface area contributed by atoms with Gasteiger partial charge in [0.05, 0.1) is 5.92 Å². The molecule has 0 aliphatic heterocycles. The fourth-order valence-corrected chi connectivity index (χ4v) is 2.52. The molecule has 7 heteroatoms. The van der Waals surface area contributed by atoms with Gasteiger partial charge in [-0.05, 0) is 32.1 Å². The maximum absolute atomic E-state index is 12.1. The molecule has 0 bridgehead atoms. The summed E-state index contributed by atoms with van der Waals surface area (Å²) in [6.45, 7) is 1.92. The van der Waals surface area contributed by atoms with Gasteiger partial charge in [0, 0.05) is 6.04 Å². The van der Waals surface area contributed by atoms with E-state index in [1.165, 1.54) is 0 Å². The first kappa shape index (κ1) is 16.3. The molecule has 0 aromatic rings. The molecular weight excluding hydrogens is 262 g/mol. The van der Waals surface area contributed by atoms with Crippen molar-refractivity contribution in [3.05, 3.63) is 0 Å². The number of nitrogens with two attached hydrogens (primary N) is 1. The van der Waals surface area contributed by atoms with E-state index >= 15 is 0 Å². The molecule has 1 fully saturated rings. The molecule has 1 atom stereocenters. The maximum Gasteiger partial charge on any atom is 0.312 e. The van der Waals surface area contributed by atoms with E-state index in [0.717, 1.165) is 6.42 Å². The minimum Gasteiger partial charge on any atom is -0.481 e. The van der Waals surface area contributed by atoms with Crippen LogP contribution in [-0.4, -0.2) is 35.1 Å². The van der Waals surface area contributed by atoms with Crippen molar-refractivity contribution in [2.24, 2.45) is 11.7 Å². The second-order valence-corrected chi connectivity index (χ2v) is 5.25. The number of rotatable bonds is 6. The summed E-state index contributed by atoms with van der Waals surface area (Å²) in [6, 6.07) is -1.35. The summed E-state index contributed by atoms with van der Waals surface area (Å²) in [5.41, 5.74) is 5.05. The van der Waals surface area contributed by atoms with E-state index < -0.39 is 18.0 Å². The van der Waals surface area contributed by atoms with Crippen molar-refractivity contribution in [2.45, 2.75) is 57.5 Å². The number of carboxylic acids is 1. The molecule has 0 aromatic carbocycles. The largest absolute Gasteiger partial charge is 0.481 e. The van der Waals surface area contributed by atoms with Crippen LogP contribution in [0.1, 0.15) is 45.4 Å². The molecule has 0 saturated heterocycles. The molecule has 114 valence electrons. The highest BCUT2D eigenvalue weighted by Gasteiger charge is 2.28. The third-order valence-electron chi connectivity index (χ3n) is 3.63. The van der Waals surface area contributed by atoms with E-state index in [9.17, 15) is 14.4 Å². The molecule has 3 amide bonds. The Balaban J connectivity index is 2.44. The van der Waals surface area contributed by atoms with Crippen LogP contribution in [-0.2, 0) is 9.59 Å². The Bertz CT molecular complexity index is 365. The second-order valence-electron chi connectivity index (χ2n) is 5.25. The van der Waals surface area contributed by atoms with Crippen molar-refractivity contribution in [1.29, 1.82) is 0 Å². The van der Waals surface area contributed by atoms with Gasteiger partial charge in [0.1, 0.15) is 6.04 Å². The lowest BCUT2D eigenvalue weighted by Gasteiger charge is -2.28. The second kappa shape index (κ2) is 7.72. The lowest BCUT2D eigenvalue weighted by atomic mass is 9.86. The van der Waals surface area contributed by atoms with Gasteiger partial charge in [-0.25, -0.2) is 4.79 Å². The zero-order valence-electron chi connectivity index (χ0n) is 11.7. The van der Waals surface area contributed by atoms with Crippen LogP contribution in [0.2, 0.25) is 0 Å². The Morgan fingerprint density at radius 3 is 2.30 bits per heavy atom. The Kier molecular flexibility index (Phi) is 6.27. The van der Waals surface area contributed by atoms with Gasteiger partial charge in [0.2, 0.25) is 5.91 Å². The number of hydrogen-bond donors (Lipinski definition) is 4. The van der Waals surface area contributed by atoms with E-state index in [4.69, 9.17) is 10.8 Å². The number of nitrogens with one attached hydrogen (secondary N) is 2. The van der Waals surface area contributed by atoms with Gasteiger partial charge < -0.3 is 21.5 Å². The molecule has 0 aromatic heterocycles. The molecule has 0 unspecified atom stereocenters. The van der Waals surface area contributed by atoms with Crippen LogP contribution in [0.4, 0.5) is 4.79 Å². The van der Waals surface area contributed by atoms with Crippen LogP contribution in [0, 0.1) is 5.92 Å². The minimum atomic E-state index is -0.769. The van der Waals surface area contributed by atoms with E-state index in [-0.39, 0.29) is 17.9 Å². The minimum absolute atomic E-state index is 0.0212. The number of carbonyl (C=O) groups is 3. The molecule has 0 heterocycles. The van der Waals surface area contributed by atoms with Gasteiger partial charge in [-0.3, -0.25) is 9.59 Å². The van der Waals surface area contributed by atoms with Crippen molar-refractivity contribution < 1.29 is 19.5 Å². The summed E-state index contributed by atoms with van der Waals surface area (Å²) in [7, 11) is 0. The van der Waals surface area contributed by atoms with Crippen molar-refractivity contribution in [1.82, 2.24) is 10.6 Å². The SMILES string of the molecule is CCC[C@@H](NC(N)=O)C(=O)NC1CCC(C(=O)O)CC1. The third kappa shape index (κ3) is 5.07. The summed E-state index contributed by atoms with van der Waals surface area (Å²) >= 11 is 0. The predicted molar refractivity (Wildman–Crippen MR) is 72.9 cm³/mol. The number of amides is 3. The highest BCUT2D eigenvalue weighted by atomic mass is 16.4. The monoisotopic (exact) mass is 285 g/mol. The van der Waals surface area contributed by atoms with E-state index in [2.05, 4.69) is 10.6 Å². The third-order valence-corrected chi connectivity index (χ3v) is 3.63. The first-order valence-corrected chi connectivity index (χ1v) is 7.03. The smallest absolute Gasteiger partial charge is 0.312 e.